The molecule has 0 radical (unpaired) electrons. The maximum absolute atomic E-state index is 4.81. The third kappa shape index (κ3) is 4.44. The normalized spacial score (nSPS) is 8.29. The maximum Gasteiger partial charge on any atom is 0.230 e. The lowest BCUT2D eigenvalue weighted by molar-refractivity contribution is 0.346. The number of hydrogen-bond donors (Lipinski definition) is 1. The molecule has 0 saturated heterocycles. The lowest BCUT2D eigenvalue weighted by Gasteiger charge is -1.96. The van der Waals surface area contributed by atoms with Gasteiger partial charge in [0, 0.05) is 0 Å². The molecule has 0 aliphatic rings. The molecule has 0 aliphatic carbocycles. The van der Waals surface area contributed by atoms with E-state index >= 15 is 0 Å². The molecule has 0 aromatic rings. The summed E-state index contributed by atoms with van der Waals surface area (Å²) in [7, 11) is 1.15. The van der Waals surface area contributed by atoms with Crippen molar-refractivity contribution in [2.24, 2.45) is 0 Å². The van der Waals surface area contributed by atoms with E-state index in [2.05, 4.69) is 23.9 Å². The van der Waals surface area contributed by atoms with Gasteiger partial charge >= 0.3 is 0 Å². The molecule has 0 heterocycles. The summed E-state index contributed by atoms with van der Waals surface area (Å²) in [6.07, 6.45) is 0. The van der Waals surface area contributed by atoms with Crippen LogP contribution in [0.1, 0.15) is 6.92 Å². The average molecular weight is 154 g/mol. The molecule has 0 aliphatic heterocycles. The van der Waals surface area contributed by atoms with Gasteiger partial charge in [-0.25, -0.2) is 0 Å². The fraction of sp³-hybridized carbons (Fsp3) is 0.667. The van der Waals surface area contributed by atoms with Crippen LogP contribution in [-0.4, -0.2) is 11.0 Å². The molecule has 0 bridgehead atoms. The predicted molar refractivity (Wildman–Crippen MR) is 40.8 cm³/mol. The molecule has 0 aromatic heterocycles. The Morgan fingerprint density at radius 1 is 2.00 bits per heavy atom. The number of rotatable bonds is 1. The summed E-state index contributed by atoms with van der Waals surface area (Å²) in [6, 6.07) is 0. The Bertz CT molecular complexity index is 63.2. The molecule has 0 rings (SSSR count). The van der Waals surface area contributed by atoms with Crippen molar-refractivity contribution >= 4 is 39.1 Å². The van der Waals surface area contributed by atoms with E-state index in [1.54, 1.807) is 0 Å². The van der Waals surface area contributed by atoms with E-state index in [9.17, 15) is 0 Å². The Labute approximate surface area is 57.6 Å². The summed E-state index contributed by atoms with van der Waals surface area (Å²) < 4.78 is 5.30. The van der Waals surface area contributed by atoms with Crippen molar-refractivity contribution in [2.75, 3.05) is 6.61 Å². The first kappa shape index (κ1) is 7.59. The van der Waals surface area contributed by atoms with Gasteiger partial charge < -0.3 is 4.74 Å². The zero-order chi connectivity index (χ0) is 5.70. The fourth-order valence-electron chi connectivity index (χ4n) is 0.144. The van der Waals surface area contributed by atoms with Gasteiger partial charge in [0.05, 0.1) is 6.61 Å². The highest BCUT2D eigenvalue weighted by atomic mass is 33.1. The highest BCUT2D eigenvalue weighted by Gasteiger charge is 1.87. The van der Waals surface area contributed by atoms with Crippen molar-refractivity contribution < 1.29 is 4.74 Å². The van der Waals surface area contributed by atoms with Crippen molar-refractivity contribution in [3.63, 3.8) is 0 Å². The first-order chi connectivity index (χ1) is 3.31. The fourth-order valence-corrected chi connectivity index (χ4v) is 0.591. The second kappa shape index (κ2) is 4.74. The summed E-state index contributed by atoms with van der Waals surface area (Å²) in [5, 5.41) is 0. The molecule has 1 nitrogen and oxygen atoms in total. The molecule has 0 unspecified atom stereocenters. The Kier molecular flexibility index (Phi) is 5.14. The number of hydrogen-bond acceptors (Lipinski definition) is 4. The van der Waals surface area contributed by atoms with E-state index in [0.29, 0.717) is 11.0 Å². The van der Waals surface area contributed by atoms with Gasteiger partial charge in [0.1, 0.15) is 0 Å². The molecule has 0 fully saturated rings. The van der Waals surface area contributed by atoms with Gasteiger partial charge in [-0.15, -0.1) is 11.7 Å². The maximum atomic E-state index is 4.81. The van der Waals surface area contributed by atoms with E-state index in [1.807, 2.05) is 6.92 Å². The van der Waals surface area contributed by atoms with E-state index in [1.165, 1.54) is 0 Å². The monoisotopic (exact) mass is 154 g/mol. The summed E-state index contributed by atoms with van der Waals surface area (Å²) in [4.78, 5) is 0. The minimum absolute atomic E-state index is 0.492. The van der Waals surface area contributed by atoms with Gasteiger partial charge in [-0.2, -0.15) is 0 Å². The van der Waals surface area contributed by atoms with E-state index < -0.39 is 0 Å². The van der Waals surface area contributed by atoms with Crippen LogP contribution in [0.5, 0.6) is 0 Å². The third-order valence-corrected chi connectivity index (χ3v) is 1.84. The lowest BCUT2D eigenvalue weighted by Crippen LogP contribution is -1.91. The van der Waals surface area contributed by atoms with Gasteiger partial charge in [0.15, 0.2) is 0 Å². The Balaban J connectivity index is 3.00. The lowest BCUT2D eigenvalue weighted by atomic mass is 10.9. The van der Waals surface area contributed by atoms with Crippen molar-refractivity contribution in [1.29, 1.82) is 0 Å². The molecule has 0 saturated carbocycles. The zero-order valence-corrected chi connectivity index (χ0v) is 6.41. The standard InChI is InChI=1S/C3H6OS3/c1-2-4-3(5)7-6/h6H,2H2,1H3. The van der Waals surface area contributed by atoms with Gasteiger partial charge in [0.25, 0.3) is 0 Å². The van der Waals surface area contributed by atoms with Crippen LogP contribution in [0.25, 0.3) is 0 Å². The third-order valence-electron chi connectivity index (χ3n) is 0.337. The molecule has 0 N–H and O–H groups in total. The molecule has 0 spiro atoms. The molecule has 7 heavy (non-hydrogen) atoms. The van der Waals surface area contributed by atoms with Crippen LogP contribution < -0.4 is 0 Å². The molecule has 0 aromatic carbocycles. The second-order valence-electron chi connectivity index (χ2n) is 0.774. The van der Waals surface area contributed by atoms with Gasteiger partial charge in [-0.1, -0.05) is 0 Å². The highest BCUT2D eigenvalue weighted by Crippen LogP contribution is 2.08. The Morgan fingerprint density at radius 3 is 2.71 bits per heavy atom. The summed E-state index contributed by atoms with van der Waals surface area (Å²) in [6.45, 7) is 2.52. The molecule has 0 amide bonds. The predicted octanol–water partition coefficient (Wildman–Crippen LogP) is 1.89. The van der Waals surface area contributed by atoms with Crippen LogP contribution >= 0.6 is 34.7 Å². The van der Waals surface area contributed by atoms with Crippen molar-refractivity contribution in [3.8, 4) is 0 Å². The first-order valence-corrected chi connectivity index (χ1v) is 4.07. The van der Waals surface area contributed by atoms with Crippen LogP contribution in [-0.2, 0) is 4.74 Å². The van der Waals surface area contributed by atoms with E-state index in [-0.39, 0.29) is 0 Å². The van der Waals surface area contributed by atoms with Crippen molar-refractivity contribution in [3.05, 3.63) is 0 Å². The molecule has 42 valence electrons. The summed E-state index contributed by atoms with van der Waals surface area (Å²) >= 11 is 8.42. The largest absolute Gasteiger partial charge is 0.478 e. The quantitative estimate of drug-likeness (QED) is 0.351. The molecular weight excluding hydrogens is 148 g/mol. The van der Waals surface area contributed by atoms with Crippen LogP contribution in [0.2, 0.25) is 0 Å². The average Bonchev–Trinajstić information content (AvgIpc) is 1.68. The minimum atomic E-state index is 0.492. The zero-order valence-electron chi connectivity index (χ0n) is 3.88. The second-order valence-corrected chi connectivity index (χ2v) is 2.50. The molecule has 4 heteroatoms. The van der Waals surface area contributed by atoms with Crippen LogP contribution in [0.4, 0.5) is 0 Å². The minimum Gasteiger partial charge on any atom is -0.478 e. The van der Waals surface area contributed by atoms with Crippen LogP contribution in [0, 0.1) is 0 Å². The highest BCUT2D eigenvalue weighted by molar-refractivity contribution is 8.76. The van der Waals surface area contributed by atoms with E-state index in [4.69, 9.17) is 4.74 Å². The van der Waals surface area contributed by atoms with Crippen LogP contribution in [0.15, 0.2) is 0 Å². The number of thiocarbonyl (C=S) groups is 1. The molecular formula is C3H6OS3. The van der Waals surface area contributed by atoms with Crippen molar-refractivity contribution in [1.82, 2.24) is 0 Å². The first-order valence-electron chi connectivity index (χ1n) is 1.79. The topological polar surface area (TPSA) is 9.23 Å². The number of thiol groups is 1. The van der Waals surface area contributed by atoms with Crippen molar-refractivity contribution in [2.45, 2.75) is 6.92 Å². The SMILES string of the molecule is CCOC(=S)SS. The summed E-state index contributed by atoms with van der Waals surface area (Å²) in [5.41, 5.74) is 0. The Morgan fingerprint density at radius 2 is 2.57 bits per heavy atom. The van der Waals surface area contributed by atoms with Gasteiger partial charge in [-0.3, -0.25) is 0 Å². The van der Waals surface area contributed by atoms with Gasteiger partial charge in [-0.05, 0) is 29.9 Å². The van der Waals surface area contributed by atoms with E-state index in [0.717, 1.165) is 10.8 Å². The summed E-state index contributed by atoms with van der Waals surface area (Å²) in [5.74, 6) is 0. The molecule has 0 atom stereocenters. The smallest absolute Gasteiger partial charge is 0.230 e. The van der Waals surface area contributed by atoms with Gasteiger partial charge in [0.2, 0.25) is 4.38 Å². The number of ether oxygens (including phenoxy) is 1. The van der Waals surface area contributed by atoms with Crippen LogP contribution in [0.3, 0.4) is 0 Å². The Hall–Kier alpha value is 0.590.